The van der Waals surface area contributed by atoms with Crippen LogP contribution in [0.3, 0.4) is 0 Å². The molecule has 250 valence electrons. The van der Waals surface area contributed by atoms with Gasteiger partial charge in [0.25, 0.3) is 11.8 Å². The van der Waals surface area contributed by atoms with Crippen molar-refractivity contribution in [3.63, 3.8) is 0 Å². The summed E-state index contributed by atoms with van der Waals surface area (Å²) in [6.45, 7) is 7.81. The predicted octanol–water partition coefficient (Wildman–Crippen LogP) is 7.81. The van der Waals surface area contributed by atoms with Crippen LogP contribution in [0.2, 0.25) is 0 Å². The van der Waals surface area contributed by atoms with Gasteiger partial charge in [0.15, 0.2) is 0 Å². The van der Waals surface area contributed by atoms with Crippen molar-refractivity contribution in [2.45, 2.75) is 83.1 Å². The van der Waals surface area contributed by atoms with E-state index in [1.54, 1.807) is 36.4 Å². The van der Waals surface area contributed by atoms with Gasteiger partial charge in [-0.25, -0.2) is 0 Å². The lowest BCUT2D eigenvalue weighted by Gasteiger charge is -2.40. The van der Waals surface area contributed by atoms with E-state index in [2.05, 4.69) is 21.2 Å². The van der Waals surface area contributed by atoms with E-state index in [9.17, 15) is 9.59 Å². The fourth-order valence-corrected chi connectivity index (χ4v) is 7.43. The highest BCUT2D eigenvalue weighted by Crippen LogP contribution is 2.28. The summed E-state index contributed by atoms with van der Waals surface area (Å²) in [7, 11) is 0. The maximum atomic E-state index is 13.4. The first-order valence-corrected chi connectivity index (χ1v) is 18.1. The number of para-hydroxylation sites is 1. The van der Waals surface area contributed by atoms with E-state index in [0.717, 1.165) is 43.2 Å². The number of anilines is 2. The van der Waals surface area contributed by atoms with Crippen molar-refractivity contribution in [1.82, 2.24) is 9.80 Å². The monoisotopic (exact) mass is 636 g/mol. The minimum absolute atomic E-state index is 0.00794. The molecule has 0 aromatic heterocycles. The maximum Gasteiger partial charge on any atom is 0.258 e. The predicted molar refractivity (Wildman–Crippen MR) is 191 cm³/mol. The van der Waals surface area contributed by atoms with Crippen LogP contribution in [0.5, 0.6) is 5.75 Å². The Morgan fingerprint density at radius 1 is 0.702 bits per heavy atom. The number of carbonyl (C=O) groups excluding carboxylic acids is 2. The van der Waals surface area contributed by atoms with Crippen molar-refractivity contribution in [3.05, 3.63) is 89.5 Å². The molecule has 3 aromatic carbocycles. The average Bonchev–Trinajstić information content (AvgIpc) is 3.35. The van der Waals surface area contributed by atoms with Crippen LogP contribution in [0.25, 0.3) is 0 Å². The first-order chi connectivity index (χ1) is 23.1. The summed E-state index contributed by atoms with van der Waals surface area (Å²) in [6, 6.07) is 23.5. The maximum absolute atomic E-state index is 13.4. The van der Waals surface area contributed by atoms with Gasteiger partial charge in [-0.05, 0) is 151 Å². The number of piperidine rings is 2. The fraction of sp³-hybridized carbons (Fsp3) is 0.500. The molecule has 3 heterocycles. The van der Waals surface area contributed by atoms with Crippen molar-refractivity contribution in [3.8, 4) is 5.75 Å². The molecule has 0 bridgehead atoms. The zero-order valence-corrected chi connectivity index (χ0v) is 28.0. The molecule has 6 rings (SSSR count). The Hall–Kier alpha value is -3.68. The minimum Gasteiger partial charge on any atom is -0.494 e. The van der Waals surface area contributed by atoms with Crippen molar-refractivity contribution in [2.24, 2.45) is 0 Å². The van der Waals surface area contributed by atoms with Gasteiger partial charge in [0, 0.05) is 35.1 Å². The van der Waals surface area contributed by atoms with E-state index in [0.29, 0.717) is 30.0 Å². The molecule has 0 atom stereocenters. The van der Waals surface area contributed by atoms with Crippen LogP contribution in [-0.4, -0.2) is 73.5 Å². The molecule has 2 amide bonds. The number of ether oxygens (including phenoxy) is 1. The van der Waals surface area contributed by atoms with Crippen molar-refractivity contribution in [1.29, 1.82) is 0 Å². The standard InChI is InChI=1S/C40H52N4O3/c45-39(41-35-19-15-34(16-20-35)40(46)44-28-10-6-13-32-12-4-5-14-38(32)44)33-17-21-37(22-18-33)47-31-11-2-1-7-25-42-29-23-36(24-30-42)43-26-8-3-9-27-43/h4-5,12,14-22,36H,1-3,6-11,13,23-31H2,(H,41,45). The van der Waals surface area contributed by atoms with Crippen LogP contribution in [0.4, 0.5) is 11.4 Å². The number of hydrogen-bond donors (Lipinski definition) is 1. The van der Waals surface area contributed by atoms with E-state index in [1.165, 1.54) is 89.7 Å². The lowest BCUT2D eigenvalue weighted by Crippen LogP contribution is -2.46. The molecule has 3 aliphatic heterocycles. The van der Waals surface area contributed by atoms with Crippen LogP contribution >= 0.6 is 0 Å². The average molecular weight is 637 g/mol. The molecule has 0 radical (unpaired) electrons. The molecule has 2 saturated heterocycles. The molecule has 47 heavy (non-hydrogen) atoms. The zero-order chi connectivity index (χ0) is 32.3. The number of nitrogens with zero attached hydrogens (tertiary/aromatic N) is 3. The second-order valence-electron chi connectivity index (χ2n) is 13.5. The van der Waals surface area contributed by atoms with Crippen molar-refractivity contribution < 1.29 is 14.3 Å². The number of rotatable bonds is 12. The molecule has 0 saturated carbocycles. The molecule has 1 N–H and O–H groups in total. The van der Waals surface area contributed by atoms with Crippen LogP contribution in [0.1, 0.15) is 96.9 Å². The molecule has 7 heteroatoms. The number of benzene rings is 3. The summed E-state index contributed by atoms with van der Waals surface area (Å²) < 4.78 is 5.96. The lowest BCUT2D eigenvalue weighted by atomic mass is 9.99. The Bertz CT molecular complexity index is 1430. The summed E-state index contributed by atoms with van der Waals surface area (Å²) in [4.78, 5) is 33.6. The third kappa shape index (κ3) is 9.23. The van der Waals surface area contributed by atoms with E-state index in [-0.39, 0.29) is 11.8 Å². The number of nitrogens with one attached hydrogen (secondary N) is 1. The Morgan fingerprint density at radius 3 is 2.19 bits per heavy atom. The van der Waals surface area contributed by atoms with E-state index < -0.39 is 0 Å². The first kappa shape index (κ1) is 33.2. The Labute approximate surface area is 281 Å². The molecule has 0 aliphatic carbocycles. The summed E-state index contributed by atoms with van der Waals surface area (Å²) in [5.74, 6) is 0.593. The number of carbonyl (C=O) groups is 2. The highest BCUT2D eigenvalue weighted by Gasteiger charge is 2.25. The molecular weight excluding hydrogens is 584 g/mol. The van der Waals surface area contributed by atoms with Crippen LogP contribution in [0.15, 0.2) is 72.8 Å². The normalized spacial score (nSPS) is 17.9. The topological polar surface area (TPSA) is 65.1 Å². The van der Waals surface area contributed by atoms with Gasteiger partial charge >= 0.3 is 0 Å². The minimum atomic E-state index is -0.187. The number of hydrogen-bond acceptors (Lipinski definition) is 5. The van der Waals surface area contributed by atoms with Crippen molar-refractivity contribution in [2.75, 3.05) is 56.1 Å². The molecule has 2 fully saturated rings. The number of fused-ring (bicyclic) bond motifs is 1. The van der Waals surface area contributed by atoms with E-state index in [1.807, 2.05) is 35.2 Å². The van der Waals surface area contributed by atoms with Crippen molar-refractivity contribution >= 4 is 23.2 Å². The zero-order valence-electron chi connectivity index (χ0n) is 28.0. The van der Waals surface area contributed by atoms with Crippen LogP contribution in [0, 0.1) is 0 Å². The lowest BCUT2D eigenvalue weighted by molar-refractivity contribution is 0.0917. The third-order valence-electron chi connectivity index (χ3n) is 10.2. The van der Waals surface area contributed by atoms with Gasteiger partial charge in [-0.2, -0.15) is 0 Å². The highest BCUT2D eigenvalue weighted by atomic mass is 16.5. The molecule has 0 spiro atoms. The van der Waals surface area contributed by atoms with Gasteiger partial charge in [-0.3, -0.25) is 9.59 Å². The highest BCUT2D eigenvalue weighted by molar-refractivity contribution is 6.07. The molecular formula is C40H52N4O3. The number of aryl methyl sites for hydroxylation is 1. The molecule has 3 aliphatic rings. The Kier molecular flexibility index (Phi) is 12.0. The smallest absolute Gasteiger partial charge is 0.258 e. The summed E-state index contributed by atoms with van der Waals surface area (Å²) in [5, 5.41) is 2.95. The third-order valence-corrected chi connectivity index (χ3v) is 10.2. The first-order valence-electron chi connectivity index (χ1n) is 18.1. The van der Waals surface area contributed by atoms with Gasteiger partial charge < -0.3 is 24.8 Å². The van der Waals surface area contributed by atoms with Crippen LogP contribution in [-0.2, 0) is 6.42 Å². The van der Waals surface area contributed by atoms with Gasteiger partial charge in [-0.15, -0.1) is 0 Å². The number of amides is 2. The van der Waals surface area contributed by atoms with Crippen LogP contribution < -0.4 is 15.0 Å². The summed E-state index contributed by atoms with van der Waals surface area (Å²) >= 11 is 0. The summed E-state index contributed by atoms with van der Waals surface area (Å²) in [6.07, 6.45) is 14.7. The van der Waals surface area contributed by atoms with Gasteiger partial charge in [0.2, 0.25) is 0 Å². The second-order valence-corrected chi connectivity index (χ2v) is 13.5. The quantitative estimate of drug-likeness (QED) is 0.206. The van der Waals surface area contributed by atoms with E-state index >= 15 is 0 Å². The number of unbranched alkanes of at least 4 members (excludes halogenated alkanes) is 3. The molecule has 0 unspecified atom stereocenters. The Morgan fingerprint density at radius 2 is 1.40 bits per heavy atom. The van der Waals surface area contributed by atoms with Gasteiger partial charge in [-0.1, -0.05) is 37.5 Å². The molecule has 7 nitrogen and oxygen atoms in total. The number of likely N-dealkylation sites (tertiary alicyclic amines) is 2. The SMILES string of the molecule is O=C(Nc1ccc(C(=O)N2CCCCc3ccccc32)cc1)c1ccc(OCCCCCCN2CCC(N3CCCCC3)CC2)cc1. The largest absolute Gasteiger partial charge is 0.494 e. The Balaban J connectivity index is 0.866. The fourth-order valence-electron chi connectivity index (χ4n) is 7.43. The summed E-state index contributed by atoms with van der Waals surface area (Å²) in [5.41, 5.74) is 4.07. The van der Waals surface area contributed by atoms with E-state index in [4.69, 9.17) is 4.74 Å². The van der Waals surface area contributed by atoms with Gasteiger partial charge in [0.1, 0.15) is 5.75 Å². The van der Waals surface area contributed by atoms with Gasteiger partial charge in [0.05, 0.1) is 6.61 Å². The second kappa shape index (κ2) is 16.9. The molecule has 3 aromatic rings.